The van der Waals surface area contributed by atoms with Gasteiger partial charge in [0.2, 0.25) is 0 Å². The highest BCUT2D eigenvalue weighted by atomic mass is 15.3. The SMILES string of the molecule is CC1CN(CCC2CNc3ccccc32)CCN1C. The summed E-state index contributed by atoms with van der Waals surface area (Å²) in [4.78, 5) is 5.09. The maximum atomic E-state index is 3.53. The van der Waals surface area contributed by atoms with Gasteiger partial charge < -0.3 is 15.1 Å². The maximum Gasteiger partial charge on any atom is 0.0376 e. The van der Waals surface area contributed by atoms with Crippen LogP contribution in [0.15, 0.2) is 24.3 Å². The Balaban J connectivity index is 1.54. The van der Waals surface area contributed by atoms with Crippen LogP contribution in [0.5, 0.6) is 0 Å². The van der Waals surface area contributed by atoms with Gasteiger partial charge >= 0.3 is 0 Å². The first-order valence-corrected chi connectivity index (χ1v) is 7.49. The van der Waals surface area contributed by atoms with E-state index in [1.165, 1.54) is 43.9 Å². The van der Waals surface area contributed by atoms with Gasteiger partial charge in [-0.05, 0) is 38.6 Å². The lowest BCUT2D eigenvalue weighted by molar-refractivity contribution is 0.103. The number of hydrogen-bond donors (Lipinski definition) is 1. The first-order chi connectivity index (χ1) is 9.24. The Bertz CT molecular complexity index is 432. The Hall–Kier alpha value is -1.06. The zero-order valence-corrected chi connectivity index (χ0v) is 12.1. The van der Waals surface area contributed by atoms with Crippen molar-refractivity contribution in [3.8, 4) is 0 Å². The molecule has 3 heteroatoms. The topological polar surface area (TPSA) is 18.5 Å². The lowest BCUT2D eigenvalue weighted by Gasteiger charge is -2.38. The molecule has 2 aliphatic heterocycles. The minimum atomic E-state index is 0.697. The summed E-state index contributed by atoms with van der Waals surface area (Å²) in [5, 5.41) is 3.53. The van der Waals surface area contributed by atoms with E-state index in [0.717, 1.165) is 6.54 Å². The van der Waals surface area contributed by atoms with Gasteiger partial charge in [-0.3, -0.25) is 0 Å². The summed E-state index contributed by atoms with van der Waals surface area (Å²) in [7, 11) is 2.24. The molecular weight excluding hydrogens is 234 g/mol. The Morgan fingerprint density at radius 1 is 1.26 bits per heavy atom. The standard InChI is InChI=1S/C16H25N3/c1-13-12-19(10-9-18(13)2)8-7-14-11-17-16-6-4-3-5-15(14)16/h3-6,13-14,17H,7-12H2,1-2H3. The molecule has 1 aromatic rings. The van der Waals surface area contributed by atoms with Gasteiger partial charge in [0.05, 0.1) is 0 Å². The summed E-state index contributed by atoms with van der Waals surface area (Å²) in [5.41, 5.74) is 2.86. The van der Waals surface area contributed by atoms with E-state index in [1.54, 1.807) is 0 Å². The highest BCUT2D eigenvalue weighted by molar-refractivity contribution is 5.57. The van der Waals surface area contributed by atoms with Crippen LogP contribution in [0.3, 0.4) is 0 Å². The van der Waals surface area contributed by atoms with Crippen molar-refractivity contribution in [1.29, 1.82) is 0 Å². The molecule has 0 saturated carbocycles. The normalized spacial score (nSPS) is 28.1. The van der Waals surface area contributed by atoms with Crippen LogP contribution in [-0.2, 0) is 0 Å². The molecular formula is C16H25N3. The van der Waals surface area contributed by atoms with Crippen LogP contribution in [0.25, 0.3) is 0 Å². The van der Waals surface area contributed by atoms with Gasteiger partial charge in [0.1, 0.15) is 0 Å². The van der Waals surface area contributed by atoms with Gasteiger partial charge in [0.15, 0.2) is 0 Å². The van der Waals surface area contributed by atoms with E-state index < -0.39 is 0 Å². The Morgan fingerprint density at radius 2 is 2.11 bits per heavy atom. The molecule has 0 spiro atoms. The fourth-order valence-electron chi connectivity index (χ4n) is 3.28. The second kappa shape index (κ2) is 5.51. The van der Waals surface area contributed by atoms with Crippen molar-refractivity contribution < 1.29 is 0 Å². The number of likely N-dealkylation sites (N-methyl/N-ethyl adjacent to an activating group) is 1. The number of nitrogens with one attached hydrogen (secondary N) is 1. The third-order valence-electron chi connectivity index (χ3n) is 4.78. The smallest absolute Gasteiger partial charge is 0.0376 e. The molecule has 1 saturated heterocycles. The van der Waals surface area contributed by atoms with Crippen LogP contribution in [0, 0.1) is 0 Å². The van der Waals surface area contributed by atoms with Crippen LogP contribution in [0.4, 0.5) is 5.69 Å². The van der Waals surface area contributed by atoms with Gasteiger partial charge in [-0.1, -0.05) is 18.2 Å². The zero-order valence-electron chi connectivity index (χ0n) is 12.1. The van der Waals surface area contributed by atoms with Crippen LogP contribution in [0.2, 0.25) is 0 Å². The molecule has 104 valence electrons. The molecule has 2 aliphatic rings. The van der Waals surface area contributed by atoms with E-state index in [2.05, 4.69) is 53.4 Å². The van der Waals surface area contributed by atoms with E-state index in [4.69, 9.17) is 0 Å². The second-order valence-electron chi connectivity index (χ2n) is 6.08. The third kappa shape index (κ3) is 2.77. The summed E-state index contributed by atoms with van der Waals surface area (Å²) >= 11 is 0. The van der Waals surface area contributed by atoms with Gasteiger partial charge in [0.25, 0.3) is 0 Å². The van der Waals surface area contributed by atoms with Crippen LogP contribution in [-0.4, -0.2) is 55.6 Å². The molecule has 0 amide bonds. The summed E-state index contributed by atoms with van der Waals surface area (Å²) < 4.78 is 0. The highest BCUT2D eigenvalue weighted by Gasteiger charge is 2.24. The summed E-state index contributed by atoms with van der Waals surface area (Å²) in [6.07, 6.45) is 1.28. The second-order valence-corrected chi connectivity index (χ2v) is 6.08. The van der Waals surface area contributed by atoms with E-state index in [-0.39, 0.29) is 0 Å². The van der Waals surface area contributed by atoms with Crippen molar-refractivity contribution in [2.75, 3.05) is 45.1 Å². The van der Waals surface area contributed by atoms with Crippen molar-refractivity contribution in [2.24, 2.45) is 0 Å². The number of anilines is 1. The first kappa shape index (κ1) is 12.9. The molecule has 0 aromatic heterocycles. The average Bonchev–Trinajstić information content (AvgIpc) is 2.83. The molecule has 19 heavy (non-hydrogen) atoms. The minimum absolute atomic E-state index is 0.697. The van der Waals surface area contributed by atoms with Crippen molar-refractivity contribution in [3.05, 3.63) is 29.8 Å². The Morgan fingerprint density at radius 3 is 2.95 bits per heavy atom. The lowest BCUT2D eigenvalue weighted by atomic mass is 9.97. The number of fused-ring (bicyclic) bond motifs is 1. The third-order valence-corrected chi connectivity index (χ3v) is 4.78. The van der Waals surface area contributed by atoms with Crippen molar-refractivity contribution in [2.45, 2.75) is 25.3 Å². The first-order valence-electron chi connectivity index (χ1n) is 7.49. The molecule has 1 aromatic carbocycles. The minimum Gasteiger partial charge on any atom is -0.384 e. The molecule has 2 heterocycles. The van der Waals surface area contributed by atoms with E-state index in [0.29, 0.717) is 12.0 Å². The maximum absolute atomic E-state index is 3.53. The number of rotatable bonds is 3. The highest BCUT2D eigenvalue weighted by Crippen LogP contribution is 2.33. The molecule has 2 atom stereocenters. The van der Waals surface area contributed by atoms with Crippen molar-refractivity contribution in [1.82, 2.24) is 9.80 Å². The number of hydrogen-bond acceptors (Lipinski definition) is 3. The van der Waals surface area contributed by atoms with E-state index >= 15 is 0 Å². The van der Waals surface area contributed by atoms with E-state index in [1.807, 2.05) is 0 Å². The number of piperazine rings is 1. The van der Waals surface area contributed by atoms with Gasteiger partial charge in [-0.2, -0.15) is 0 Å². The molecule has 0 bridgehead atoms. The van der Waals surface area contributed by atoms with Crippen molar-refractivity contribution in [3.63, 3.8) is 0 Å². The quantitative estimate of drug-likeness (QED) is 0.898. The predicted molar refractivity (Wildman–Crippen MR) is 80.8 cm³/mol. The molecule has 1 N–H and O–H groups in total. The van der Waals surface area contributed by atoms with Gasteiger partial charge in [0, 0.05) is 43.8 Å². The monoisotopic (exact) mass is 259 g/mol. The Kier molecular flexibility index (Phi) is 3.76. The van der Waals surface area contributed by atoms with Crippen molar-refractivity contribution >= 4 is 5.69 Å². The summed E-state index contributed by atoms with van der Waals surface area (Å²) in [6, 6.07) is 9.47. The molecule has 2 unspecified atom stereocenters. The molecule has 3 rings (SSSR count). The van der Waals surface area contributed by atoms with Crippen LogP contribution in [0.1, 0.15) is 24.8 Å². The molecule has 0 aliphatic carbocycles. The fourth-order valence-corrected chi connectivity index (χ4v) is 3.28. The van der Waals surface area contributed by atoms with Crippen LogP contribution >= 0.6 is 0 Å². The summed E-state index contributed by atoms with van der Waals surface area (Å²) in [5.74, 6) is 0.700. The number of para-hydroxylation sites is 1. The van der Waals surface area contributed by atoms with Gasteiger partial charge in [-0.25, -0.2) is 0 Å². The molecule has 3 nitrogen and oxygen atoms in total. The molecule has 0 radical (unpaired) electrons. The lowest BCUT2D eigenvalue weighted by Crippen LogP contribution is -2.50. The van der Waals surface area contributed by atoms with Gasteiger partial charge in [-0.15, -0.1) is 0 Å². The predicted octanol–water partition coefficient (Wildman–Crippen LogP) is 2.22. The number of benzene rings is 1. The largest absolute Gasteiger partial charge is 0.384 e. The molecule has 1 fully saturated rings. The van der Waals surface area contributed by atoms with Crippen LogP contribution < -0.4 is 5.32 Å². The average molecular weight is 259 g/mol. The van der Waals surface area contributed by atoms with E-state index in [9.17, 15) is 0 Å². The Labute approximate surface area is 116 Å². The zero-order chi connectivity index (χ0) is 13.2. The summed E-state index contributed by atoms with van der Waals surface area (Å²) in [6.45, 7) is 8.34. The fraction of sp³-hybridized carbons (Fsp3) is 0.625. The number of nitrogens with zero attached hydrogens (tertiary/aromatic N) is 2.